The molecule has 178 valence electrons. The third kappa shape index (κ3) is 6.19. The first kappa shape index (κ1) is 24.3. The van der Waals surface area contributed by atoms with Gasteiger partial charge in [-0.15, -0.1) is 0 Å². The summed E-state index contributed by atoms with van der Waals surface area (Å²) in [5.41, 5.74) is 2.88. The Bertz CT molecular complexity index is 1330. The number of nitrogens with one attached hydrogen (secondary N) is 1. The molecule has 0 unspecified atom stereocenters. The number of ether oxygens (including phenoxy) is 1. The summed E-state index contributed by atoms with van der Waals surface area (Å²) in [4.78, 5) is 29.0. The summed E-state index contributed by atoms with van der Waals surface area (Å²) < 4.78 is 5.85. The molecule has 0 radical (unpaired) electrons. The van der Waals surface area contributed by atoms with Gasteiger partial charge in [-0.3, -0.25) is 9.78 Å². The lowest BCUT2D eigenvalue weighted by molar-refractivity contribution is -0.139. The number of pyridine rings is 1. The van der Waals surface area contributed by atoms with Gasteiger partial charge in [-0.2, -0.15) is 11.8 Å². The van der Waals surface area contributed by atoms with E-state index in [2.05, 4.69) is 10.3 Å². The van der Waals surface area contributed by atoms with Gasteiger partial charge in [-0.25, -0.2) is 4.79 Å². The van der Waals surface area contributed by atoms with Gasteiger partial charge in [0.15, 0.2) is 0 Å². The summed E-state index contributed by atoms with van der Waals surface area (Å²) >= 11 is 1.54. The fourth-order valence-electron chi connectivity index (χ4n) is 3.80. The second-order valence-corrected chi connectivity index (χ2v) is 9.05. The van der Waals surface area contributed by atoms with Crippen LogP contribution in [0.3, 0.4) is 0 Å². The molecule has 0 saturated heterocycles. The van der Waals surface area contributed by atoms with Crippen LogP contribution in [0, 0.1) is 0 Å². The smallest absolute Gasteiger partial charge is 0.326 e. The maximum absolute atomic E-state index is 13.3. The van der Waals surface area contributed by atoms with Gasteiger partial charge < -0.3 is 15.2 Å². The highest BCUT2D eigenvalue weighted by atomic mass is 32.2. The van der Waals surface area contributed by atoms with Gasteiger partial charge in [0.25, 0.3) is 5.91 Å². The predicted molar refractivity (Wildman–Crippen MR) is 140 cm³/mol. The fourth-order valence-corrected chi connectivity index (χ4v) is 4.27. The van der Waals surface area contributed by atoms with Crippen LogP contribution in [0.4, 0.5) is 0 Å². The number of fused-ring (bicyclic) bond motifs is 1. The van der Waals surface area contributed by atoms with E-state index in [9.17, 15) is 14.7 Å². The van der Waals surface area contributed by atoms with E-state index in [0.717, 1.165) is 27.5 Å². The van der Waals surface area contributed by atoms with Crippen molar-refractivity contribution in [3.05, 3.63) is 96.3 Å². The molecular formula is C28H26N2O4S. The Balaban J connectivity index is 1.68. The zero-order chi connectivity index (χ0) is 24.6. The van der Waals surface area contributed by atoms with Gasteiger partial charge in [0.1, 0.15) is 18.4 Å². The topological polar surface area (TPSA) is 88.5 Å². The first-order chi connectivity index (χ1) is 17.0. The van der Waals surface area contributed by atoms with Crippen LogP contribution in [0.5, 0.6) is 5.75 Å². The number of aliphatic carboxylic acids is 1. The summed E-state index contributed by atoms with van der Waals surface area (Å²) in [6, 6.07) is 22.2. The van der Waals surface area contributed by atoms with E-state index in [1.807, 2.05) is 66.9 Å². The molecule has 0 saturated carbocycles. The fraction of sp³-hybridized carbons (Fsp3) is 0.179. The van der Waals surface area contributed by atoms with Crippen LogP contribution in [0.2, 0.25) is 0 Å². The number of carboxylic acid groups (broad SMARTS) is 1. The molecule has 1 heterocycles. The number of aromatic nitrogens is 1. The van der Waals surface area contributed by atoms with Crippen molar-refractivity contribution >= 4 is 34.4 Å². The molecule has 1 aromatic heterocycles. The first-order valence-corrected chi connectivity index (χ1v) is 12.6. The molecule has 1 atom stereocenters. The van der Waals surface area contributed by atoms with E-state index < -0.39 is 17.9 Å². The summed E-state index contributed by atoms with van der Waals surface area (Å²) in [5, 5.41) is 14.4. The number of carboxylic acids is 1. The highest BCUT2D eigenvalue weighted by Crippen LogP contribution is 2.29. The van der Waals surface area contributed by atoms with Crippen LogP contribution < -0.4 is 10.1 Å². The van der Waals surface area contributed by atoms with Crippen molar-refractivity contribution in [2.75, 3.05) is 12.0 Å². The molecule has 0 aliphatic carbocycles. The molecule has 0 bridgehead atoms. The van der Waals surface area contributed by atoms with Crippen LogP contribution in [0.1, 0.15) is 22.3 Å². The van der Waals surface area contributed by atoms with Gasteiger partial charge in [0, 0.05) is 11.8 Å². The predicted octanol–water partition coefficient (Wildman–Crippen LogP) is 5.42. The van der Waals surface area contributed by atoms with Crippen molar-refractivity contribution in [2.45, 2.75) is 19.1 Å². The number of nitrogens with zero attached hydrogens (tertiary/aromatic N) is 1. The molecule has 0 spiro atoms. The number of benzene rings is 3. The average Bonchev–Trinajstić information content (AvgIpc) is 2.89. The Morgan fingerprint density at radius 3 is 2.60 bits per heavy atom. The number of carbonyl (C=O) groups excluding carboxylic acids is 1. The van der Waals surface area contributed by atoms with E-state index in [1.165, 1.54) is 0 Å². The van der Waals surface area contributed by atoms with Gasteiger partial charge in [-0.1, -0.05) is 42.5 Å². The molecule has 35 heavy (non-hydrogen) atoms. The highest BCUT2D eigenvalue weighted by Gasteiger charge is 2.22. The van der Waals surface area contributed by atoms with Crippen molar-refractivity contribution in [1.82, 2.24) is 10.3 Å². The SMILES string of the molecule is CSCC[C@H](NC(=O)c1ccc(COc2cccnc2)cc1-c1ccc2ccccc2c1)C(=O)O. The van der Waals surface area contributed by atoms with Crippen LogP contribution in [0.15, 0.2) is 85.2 Å². The minimum atomic E-state index is -1.04. The molecule has 4 aromatic rings. The van der Waals surface area contributed by atoms with Gasteiger partial charge in [0.2, 0.25) is 0 Å². The lowest BCUT2D eigenvalue weighted by Gasteiger charge is -2.17. The van der Waals surface area contributed by atoms with E-state index >= 15 is 0 Å². The maximum atomic E-state index is 13.3. The zero-order valence-electron chi connectivity index (χ0n) is 19.3. The van der Waals surface area contributed by atoms with Gasteiger partial charge in [0.05, 0.1) is 6.20 Å². The van der Waals surface area contributed by atoms with Crippen LogP contribution in [-0.4, -0.2) is 40.0 Å². The van der Waals surface area contributed by atoms with Gasteiger partial charge >= 0.3 is 5.97 Å². The number of rotatable bonds is 10. The Hall–Kier alpha value is -3.84. The normalized spacial score (nSPS) is 11.7. The Morgan fingerprint density at radius 2 is 1.86 bits per heavy atom. The van der Waals surface area contributed by atoms with Crippen LogP contribution >= 0.6 is 11.8 Å². The molecule has 4 rings (SSSR count). The number of thioether (sulfide) groups is 1. The van der Waals surface area contributed by atoms with E-state index in [1.54, 1.807) is 36.3 Å². The minimum absolute atomic E-state index is 0.305. The lowest BCUT2D eigenvalue weighted by Crippen LogP contribution is -2.41. The second-order valence-electron chi connectivity index (χ2n) is 8.07. The molecule has 1 amide bonds. The molecule has 3 aromatic carbocycles. The molecular weight excluding hydrogens is 460 g/mol. The summed E-state index contributed by atoms with van der Waals surface area (Å²) in [6.45, 7) is 0.305. The van der Waals surface area contributed by atoms with E-state index in [0.29, 0.717) is 30.1 Å². The summed E-state index contributed by atoms with van der Waals surface area (Å²) in [6.07, 6.45) is 5.59. The Kier molecular flexibility index (Phi) is 8.00. The van der Waals surface area contributed by atoms with Crippen molar-refractivity contribution in [1.29, 1.82) is 0 Å². The highest BCUT2D eigenvalue weighted by molar-refractivity contribution is 7.98. The van der Waals surface area contributed by atoms with Crippen molar-refractivity contribution < 1.29 is 19.4 Å². The summed E-state index contributed by atoms with van der Waals surface area (Å²) in [7, 11) is 0. The molecule has 0 fully saturated rings. The molecule has 2 N–H and O–H groups in total. The maximum Gasteiger partial charge on any atom is 0.326 e. The summed E-state index contributed by atoms with van der Waals surface area (Å²) in [5.74, 6) is -0.165. The second kappa shape index (κ2) is 11.5. The van der Waals surface area contributed by atoms with Crippen molar-refractivity contribution in [3.63, 3.8) is 0 Å². The molecule has 0 aliphatic heterocycles. The van der Waals surface area contributed by atoms with Crippen molar-refractivity contribution in [3.8, 4) is 16.9 Å². The first-order valence-electron chi connectivity index (χ1n) is 11.2. The van der Waals surface area contributed by atoms with Gasteiger partial charge in [-0.05, 0) is 76.2 Å². The monoisotopic (exact) mass is 486 g/mol. The zero-order valence-corrected chi connectivity index (χ0v) is 20.1. The van der Waals surface area contributed by atoms with Crippen LogP contribution in [0.25, 0.3) is 21.9 Å². The largest absolute Gasteiger partial charge is 0.487 e. The van der Waals surface area contributed by atoms with Crippen LogP contribution in [-0.2, 0) is 11.4 Å². The number of carbonyl (C=O) groups is 2. The molecule has 0 aliphatic rings. The third-order valence-electron chi connectivity index (χ3n) is 5.64. The van der Waals surface area contributed by atoms with E-state index in [4.69, 9.17) is 4.74 Å². The quantitative estimate of drug-likeness (QED) is 0.311. The number of hydrogen-bond donors (Lipinski definition) is 2. The minimum Gasteiger partial charge on any atom is -0.487 e. The third-order valence-corrected chi connectivity index (χ3v) is 6.29. The average molecular weight is 487 g/mol. The molecule has 7 heteroatoms. The Morgan fingerprint density at radius 1 is 1.03 bits per heavy atom. The number of amides is 1. The molecule has 6 nitrogen and oxygen atoms in total. The number of hydrogen-bond acceptors (Lipinski definition) is 5. The van der Waals surface area contributed by atoms with E-state index in [-0.39, 0.29) is 0 Å². The standard InChI is InChI=1S/C28H26N2O4S/c1-35-14-12-26(28(32)33)30-27(31)24-11-8-19(18-34-23-7-4-13-29-17-23)15-25(24)22-10-9-20-5-2-3-6-21(20)16-22/h2-11,13,15-17,26H,12,14,18H2,1H3,(H,30,31)(H,32,33)/t26-/m0/s1. The Labute approximate surface area is 208 Å². The van der Waals surface area contributed by atoms with Crippen molar-refractivity contribution in [2.24, 2.45) is 0 Å². The lowest BCUT2D eigenvalue weighted by atomic mass is 9.94.